The zero-order valence-electron chi connectivity index (χ0n) is 13.8. The number of rotatable bonds is 6. The van der Waals surface area contributed by atoms with Gasteiger partial charge >= 0.3 is 6.09 Å². The molecule has 1 rings (SSSR count). The minimum atomic E-state index is -0.482. The Labute approximate surface area is 127 Å². The van der Waals surface area contributed by atoms with Crippen LogP contribution >= 0.6 is 0 Å². The molecule has 0 aromatic rings. The van der Waals surface area contributed by atoms with Crippen molar-refractivity contribution in [1.29, 1.82) is 0 Å². The second-order valence-electron chi connectivity index (χ2n) is 6.30. The van der Waals surface area contributed by atoms with Crippen molar-refractivity contribution >= 4 is 12.8 Å². The van der Waals surface area contributed by atoms with Crippen LogP contribution in [0.15, 0.2) is 17.5 Å². The maximum absolute atomic E-state index is 12.1. The van der Waals surface area contributed by atoms with Gasteiger partial charge in [0.25, 0.3) is 0 Å². The van der Waals surface area contributed by atoms with Crippen molar-refractivity contribution in [3.63, 3.8) is 0 Å². The Morgan fingerprint density at radius 2 is 2.14 bits per heavy atom. The van der Waals surface area contributed by atoms with Crippen LogP contribution in [-0.2, 0) is 4.74 Å². The number of hydrogen-bond donors (Lipinski definition) is 1. The molecule has 1 N–H and O–H groups in total. The van der Waals surface area contributed by atoms with E-state index in [9.17, 15) is 4.79 Å². The normalized spacial score (nSPS) is 21.3. The smallest absolute Gasteiger partial charge is 0.410 e. The zero-order valence-corrected chi connectivity index (χ0v) is 13.8. The summed E-state index contributed by atoms with van der Waals surface area (Å²) in [5.74, 6) is 0.715. The molecule has 0 bridgehead atoms. The molecular formula is C15H28N4O2. The SMILES string of the molecule is C=NN(C(=C)NCCC)C1CN(C(=O)OC(C)(C)C)C1C. The van der Waals surface area contributed by atoms with E-state index in [0.29, 0.717) is 12.4 Å². The summed E-state index contributed by atoms with van der Waals surface area (Å²) in [6.07, 6.45) is 0.719. The first-order chi connectivity index (χ1) is 9.71. The topological polar surface area (TPSA) is 57.2 Å². The van der Waals surface area contributed by atoms with Crippen molar-refractivity contribution in [3.05, 3.63) is 12.4 Å². The molecule has 1 amide bonds. The molecule has 1 saturated heterocycles. The molecule has 0 aromatic carbocycles. The number of hydrazone groups is 1. The third-order valence-corrected chi connectivity index (χ3v) is 3.38. The average Bonchev–Trinajstić information content (AvgIpc) is 2.37. The molecule has 0 aromatic heterocycles. The van der Waals surface area contributed by atoms with E-state index in [1.54, 1.807) is 9.91 Å². The van der Waals surface area contributed by atoms with Gasteiger partial charge in [0.15, 0.2) is 0 Å². The maximum Gasteiger partial charge on any atom is 0.410 e. The Balaban J connectivity index is 2.59. The van der Waals surface area contributed by atoms with Crippen molar-refractivity contribution in [3.8, 4) is 0 Å². The van der Waals surface area contributed by atoms with Crippen molar-refractivity contribution in [2.24, 2.45) is 5.10 Å². The standard InChI is InChI=1S/C15H28N4O2/c1-8-9-17-12(3)19(16-7)13-10-18(11(13)2)14(20)21-15(4,5)6/h11,13,17H,3,7-10H2,1-2,4-6H3. The lowest BCUT2D eigenvalue weighted by atomic mass is 9.98. The van der Waals surface area contributed by atoms with E-state index < -0.39 is 5.60 Å². The summed E-state index contributed by atoms with van der Waals surface area (Å²) in [5.41, 5.74) is -0.482. The van der Waals surface area contributed by atoms with Crippen LogP contribution in [0.4, 0.5) is 4.79 Å². The van der Waals surface area contributed by atoms with Crippen LogP contribution in [-0.4, -0.2) is 53.5 Å². The van der Waals surface area contributed by atoms with E-state index in [0.717, 1.165) is 13.0 Å². The lowest BCUT2D eigenvalue weighted by Gasteiger charge is -2.49. The number of carbonyl (C=O) groups is 1. The number of likely N-dealkylation sites (tertiary alicyclic amines) is 1. The Morgan fingerprint density at radius 1 is 1.52 bits per heavy atom. The first-order valence-electron chi connectivity index (χ1n) is 7.39. The largest absolute Gasteiger partial charge is 0.444 e. The molecule has 1 heterocycles. The summed E-state index contributed by atoms with van der Waals surface area (Å²) < 4.78 is 5.38. The predicted octanol–water partition coefficient (Wildman–Crippen LogP) is 2.38. The van der Waals surface area contributed by atoms with Gasteiger partial charge in [-0.3, -0.25) is 0 Å². The summed E-state index contributed by atoms with van der Waals surface area (Å²) >= 11 is 0. The third-order valence-electron chi connectivity index (χ3n) is 3.38. The van der Waals surface area contributed by atoms with Gasteiger partial charge in [-0.1, -0.05) is 13.5 Å². The van der Waals surface area contributed by atoms with Crippen LogP contribution in [0.5, 0.6) is 0 Å². The molecular weight excluding hydrogens is 268 g/mol. The van der Waals surface area contributed by atoms with Crippen LogP contribution in [0.3, 0.4) is 0 Å². The van der Waals surface area contributed by atoms with Crippen molar-refractivity contribution in [1.82, 2.24) is 15.2 Å². The lowest BCUT2D eigenvalue weighted by Crippen LogP contribution is -2.66. The second kappa shape index (κ2) is 6.83. The molecule has 21 heavy (non-hydrogen) atoms. The van der Waals surface area contributed by atoms with Gasteiger partial charge < -0.3 is 15.0 Å². The fourth-order valence-corrected chi connectivity index (χ4v) is 2.17. The highest BCUT2D eigenvalue weighted by Crippen LogP contribution is 2.27. The van der Waals surface area contributed by atoms with E-state index in [1.807, 2.05) is 27.7 Å². The number of amides is 1. The Morgan fingerprint density at radius 3 is 2.57 bits per heavy atom. The summed E-state index contributed by atoms with van der Waals surface area (Å²) in [6, 6.07) is 0.0809. The highest BCUT2D eigenvalue weighted by Gasteiger charge is 2.44. The molecule has 120 valence electrons. The average molecular weight is 296 g/mol. The number of nitrogens with one attached hydrogen (secondary N) is 1. The van der Waals surface area contributed by atoms with Crippen molar-refractivity contribution in [2.45, 2.75) is 58.7 Å². The Kier molecular flexibility index (Phi) is 5.63. The number of carbonyl (C=O) groups excluding carboxylic acids is 1. The molecule has 2 unspecified atom stereocenters. The van der Waals surface area contributed by atoms with Gasteiger partial charge in [0.2, 0.25) is 0 Å². The molecule has 0 aliphatic carbocycles. The van der Waals surface area contributed by atoms with Crippen LogP contribution < -0.4 is 5.32 Å². The lowest BCUT2D eigenvalue weighted by molar-refractivity contribution is -0.0370. The monoisotopic (exact) mass is 296 g/mol. The highest BCUT2D eigenvalue weighted by atomic mass is 16.6. The summed E-state index contributed by atoms with van der Waals surface area (Å²) in [6.45, 7) is 18.6. The number of nitrogens with zero attached hydrogens (tertiary/aromatic N) is 3. The fourth-order valence-electron chi connectivity index (χ4n) is 2.17. The van der Waals surface area contributed by atoms with E-state index in [4.69, 9.17) is 4.74 Å². The molecule has 1 aliphatic rings. The summed E-state index contributed by atoms with van der Waals surface area (Å²) in [5, 5.41) is 8.97. The summed E-state index contributed by atoms with van der Waals surface area (Å²) in [7, 11) is 0. The quantitative estimate of drug-likeness (QED) is 0.604. The van der Waals surface area contributed by atoms with Crippen molar-refractivity contribution in [2.75, 3.05) is 13.1 Å². The van der Waals surface area contributed by atoms with Gasteiger partial charge in [0, 0.05) is 19.8 Å². The minimum absolute atomic E-state index is 0.00512. The molecule has 2 atom stereocenters. The number of ether oxygens (including phenoxy) is 1. The van der Waals surface area contributed by atoms with Crippen LogP contribution in [0, 0.1) is 0 Å². The van der Waals surface area contributed by atoms with E-state index in [-0.39, 0.29) is 18.2 Å². The molecule has 0 saturated carbocycles. The van der Waals surface area contributed by atoms with Crippen LogP contribution in [0.2, 0.25) is 0 Å². The molecule has 0 spiro atoms. The van der Waals surface area contributed by atoms with E-state index in [1.165, 1.54) is 0 Å². The second-order valence-corrected chi connectivity index (χ2v) is 6.30. The zero-order chi connectivity index (χ0) is 16.2. The van der Waals surface area contributed by atoms with Gasteiger partial charge in [0.05, 0.1) is 12.1 Å². The van der Waals surface area contributed by atoms with Gasteiger partial charge in [-0.2, -0.15) is 5.10 Å². The maximum atomic E-state index is 12.1. The van der Waals surface area contributed by atoms with E-state index in [2.05, 4.69) is 30.6 Å². The summed E-state index contributed by atoms with van der Waals surface area (Å²) in [4.78, 5) is 13.7. The van der Waals surface area contributed by atoms with Gasteiger partial charge in [-0.25, -0.2) is 9.80 Å². The van der Waals surface area contributed by atoms with Gasteiger partial charge in [-0.15, -0.1) is 0 Å². The predicted molar refractivity (Wildman–Crippen MR) is 85.0 cm³/mol. The number of hydrogen-bond acceptors (Lipinski definition) is 5. The van der Waals surface area contributed by atoms with E-state index >= 15 is 0 Å². The van der Waals surface area contributed by atoms with Crippen LogP contribution in [0.1, 0.15) is 41.0 Å². The van der Waals surface area contributed by atoms with Crippen molar-refractivity contribution < 1.29 is 9.53 Å². The first kappa shape index (κ1) is 17.3. The molecule has 1 aliphatic heterocycles. The van der Waals surface area contributed by atoms with Crippen LogP contribution in [0.25, 0.3) is 0 Å². The van der Waals surface area contributed by atoms with Gasteiger partial charge in [0.1, 0.15) is 11.4 Å². The highest BCUT2D eigenvalue weighted by molar-refractivity contribution is 5.70. The minimum Gasteiger partial charge on any atom is -0.444 e. The third kappa shape index (κ3) is 4.37. The Hall–Kier alpha value is -1.72. The molecule has 6 nitrogen and oxygen atoms in total. The fraction of sp³-hybridized carbons (Fsp3) is 0.733. The Bertz CT molecular complexity index is 403. The molecule has 6 heteroatoms. The first-order valence-corrected chi connectivity index (χ1v) is 7.39. The van der Waals surface area contributed by atoms with Gasteiger partial charge in [-0.05, 0) is 34.1 Å². The molecule has 0 radical (unpaired) electrons. The molecule has 1 fully saturated rings.